The summed E-state index contributed by atoms with van der Waals surface area (Å²) in [5.41, 5.74) is -0.615. The van der Waals surface area contributed by atoms with Crippen molar-refractivity contribution in [2.45, 2.75) is 72.1 Å². The molecule has 0 radical (unpaired) electrons. The number of hydrogen-bond acceptors (Lipinski definition) is 4. The summed E-state index contributed by atoms with van der Waals surface area (Å²) in [4.78, 5) is 20.3. The van der Waals surface area contributed by atoms with E-state index in [1.54, 1.807) is 0 Å². The van der Waals surface area contributed by atoms with Gasteiger partial charge in [-0.3, -0.25) is 9.80 Å². The van der Waals surface area contributed by atoms with Crippen LogP contribution in [0.3, 0.4) is 0 Å². The molecule has 2 aliphatic heterocycles. The van der Waals surface area contributed by atoms with Crippen molar-refractivity contribution in [2.75, 3.05) is 39.3 Å². The number of fused-ring (bicyclic) bond motifs is 1. The van der Waals surface area contributed by atoms with Crippen LogP contribution in [0, 0.1) is 17.8 Å². The molecule has 3 aliphatic rings. The Morgan fingerprint density at radius 3 is 2.50 bits per heavy atom. The lowest BCUT2D eigenvalue weighted by Gasteiger charge is -2.47. The number of rotatable bonds is 4. The average molecular weight is 366 g/mol. The van der Waals surface area contributed by atoms with Crippen molar-refractivity contribution in [1.29, 1.82) is 0 Å². The molecule has 3 rings (SSSR count). The Labute approximate surface area is 160 Å². The van der Waals surface area contributed by atoms with Gasteiger partial charge in [0.2, 0.25) is 0 Å². The molecule has 0 aromatic heterocycles. The molecule has 1 aliphatic carbocycles. The summed E-state index contributed by atoms with van der Waals surface area (Å²) < 4.78 is 5.77. The Morgan fingerprint density at radius 2 is 1.88 bits per heavy atom. The van der Waals surface area contributed by atoms with Gasteiger partial charge in [0.15, 0.2) is 0 Å². The first-order chi connectivity index (χ1) is 12.2. The number of carbonyl (C=O) groups excluding carboxylic acids is 1. The van der Waals surface area contributed by atoms with E-state index in [-0.39, 0.29) is 11.8 Å². The predicted molar refractivity (Wildman–Crippen MR) is 105 cm³/mol. The zero-order valence-corrected chi connectivity index (χ0v) is 17.8. The van der Waals surface area contributed by atoms with Crippen molar-refractivity contribution in [3.63, 3.8) is 0 Å². The van der Waals surface area contributed by atoms with Gasteiger partial charge in [0.1, 0.15) is 5.60 Å². The first kappa shape index (κ1) is 19.9. The molecule has 5 nitrogen and oxygen atoms in total. The summed E-state index contributed by atoms with van der Waals surface area (Å²) in [6.07, 6.45) is 3.55. The molecule has 5 heteroatoms. The molecule has 26 heavy (non-hydrogen) atoms. The van der Waals surface area contributed by atoms with Gasteiger partial charge in [-0.2, -0.15) is 0 Å². The number of carbonyl (C=O) groups is 1. The highest BCUT2D eigenvalue weighted by atomic mass is 16.6. The number of piperidine rings is 1. The largest absolute Gasteiger partial charge is 0.444 e. The zero-order valence-electron chi connectivity index (χ0n) is 17.8. The molecule has 0 aromatic rings. The number of hydrogen-bond donors (Lipinski definition) is 0. The average Bonchev–Trinajstić information content (AvgIpc) is 3.29. The van der Waals surface area contributed by atoms with E-state index < -0.39 is 5.60 Å². The van der Waals surface area contributed by atoms with Crippen LogP contribution in [0.1, 0.15) is 60.8 Å². The number of amides is 1. The van der Waals surface area contributed by atoms with Crippen molar-refractivity contribution in [3.8, 4) is 0 Å². The van der Waals surface area contributed by atoms with Gasteiger partial charge in [-0.1, -0.05) is 20.3 Å². The van der Waals surface area contributed by atoms with Crippen LogP contribution in [0.15, 0.2) is 0 Å². The van der Waals surface area contributed by atoms with E-state index in [2.05, 4.69) is 35.5 Å². The lowest BCUT2D eigenvalue weighted by Crippen LogP contribution is -2.61. The van der Waals surface area contributed by atoms with Crippen LogP contribution in [0.2, 0.25) is 0 Å². The molecular formula is C21H39N3O2. The van der Waals surface area contributed by atoms with E-state index in [0.29, 0.717) is 17.8 Å². The van der Waals surface area contributed by atoms with Gasteiger partial charge in [-0.15, -0.1) is 0 Å². The van der Waals surface area contributed by atoms with Crippen molar-refractivity contribution in [2.24, 2.45) is 17.8 Å². The lowest BCUT2D eigenvalue weighted by molar-refractivity contribution is -0.0558. The third-order valence-electron chi connectivity index (χ3n) is 6.64. The summed E-state index contributed by atoms with van der Waals surface area (Å²) in [7, 11) is 0. The quantitative estimate of drug-likeness (QED) is 0.762. The van der Waals surface area contributed by atoms with Crippen LogP contribution in [0.4, 0.5) is 4.79 Å². The van der Waals surface area contributed by atoms with E-state index in [1.807, 2.05) is 20.8 Å². The molecule has 4 atom stereocenters. The van der Waals surface area contributed by atoms with Crippen LogP contribution < -0.4 is 0 Å². The zero-order chi connectivity index (χ0) is 19.1. The minimum atomic E-state index is -0.437. The Kier molecular flexibility index (Phi) is 5.60. The van der Waals surface area contributed by atoms with Gasteiger partial charge in [-0.05, 0) is 58.9 Å². The van der Waals surface area contributed by atoms with Gasteiger partial charge >= 0.3 is 6.09 Å². The molecule has 0 aromatic carbocycles. The second-order valence-corrected chi connectivity index (χ2v) is 9.81. The Balaban J connectivity index is 1.78. The molecule has 4 unspecified atom stereocenters. The van der Waals surface area contributed by atoms with Crippen LogP contribution in [-0.2, 0) is 4.74 Å². The minimum Gasteiger partial charge on any atom is -0.444 e. The van der Waals surface area contributed by atoms with Crippen LogP contribution in [0.5, 0.6) is 0 Å². The molecular weight excluding hydrogens is 326 g/mol. The van der Waals surface area contributed by atoms with Gasteiger partial charge < -0.3 is 9.64 Å². The Bertz CT molecular complexity index is 518. The van der Waals surface area contributed by atoms with Gasteiger partial charge in [0.25, 0.3) is 0 Å². The predicted octanol–water partition coefficient (Wildman–Crippen LogP) is 3.64. The maximum Gasteiger partial charge on any atom is 0.411 e. The molecule has 150 valence electrons. The van der Waals surface area contributed by atoms with Crippen LogP contribution >= 0.6 is 0 Å². The first-order valence-corrected chi connectivity index (χ1v) is 10.7. The molecule has 0 bridgehead atoms. The Morgan fingerprint density at radius 1 is 1.15 bits per heavy atom. The highest BCUT2D eigenvalue weighted by Gasteiger charge is 2.64. The normalized spacial score (nSPS) is 35.9. The van der Waals surface area contributed by atoms with Crippen molar-refractivity contribution in [3.05, 3.63) is 0 Å². The molecule has 3 fully saturated rings. The molecule has 2 saturated heterocycles. The van der Waals surface area contributed by atoms with Gasteiger partial charge in [0, 0.05) is 38.6 Å². The van der Waals surface area contributed by atoms with Crippen molar-refractivity contribution >= 4 is 6.09 Å². The van der Waals surface area contributed by atoms with Crippen LogP contribution in [-0.4, -0.2) is 71.3 Å². The summed E-state index contributed by atoms with van der Waals surface area (Å²) in [6.45, 7) is 19.2. The fraction of sp³-hybridized carbons (Fsp3) is 0.952. The second-order valence-electron chi connectivity index (χ2n) is 9.81. The van der Waals surface area contributed by atoms with Crippen LogP contribution in [0.25, 0.3) is 0 Å². The lowest BCUT2D eigenvalue weighted by atomic mass is 10.00. The van der Waals surface area contributed by atoms with Crippen molar-refractivity contribution in [1.82, 2.24) is 14.7 Å². The highest BCUT2D eigenvalue weighted by molar-refractivity contribution is 5.70. The van der Waals surface area contributed by atoms with E-state index in [1.165, 1.54) is 32.4 Å². The molecule has 2 heterocycles. The molecule has 1 amide bonds. The summed E-state index contributed by atoms with van der Waals surface area (Å²) >= 11 is 0. The van der Waals surface area contributed by atoms with E-state index >= 15 is 0 Å². The molecule has 0 N–H and O–H groups in total. The van der Waals surface area contributed by atoms with E-state index in [9.17, 15) is 4.79 Å². The topological polar surface area (TPSA) is 36.0 Å². The smallest absolute Gasteiger partial charge is 0.411 e. The number of likely N-dealkylation sites (tertiary alicyclic amines) is 1. The fourth-order valence-electron chi connectivity index (χ4n) is 5.09. The highest BCUT2D eigenvalue weighted by Crippen LogP contribution is 2.57. The summed E-state index contributed by atoms with van der Waals surface area (Å²) in [5, 5.41) is 0. The fourth-order valence-corrected chi connectivity index (χ4v) is 5.09. The molecule has 0 spiro atoms. The number of nitrogens with zero attached hydrogens (tertiary/aromatic N) is 3. The SMILES string of the molecule is CCCN1CCN(C2(C)C3CC3CN2C(=O)OC(C)(C)C)CC(CC)C1. The third kappa shape index (κ3) is 3.89. The summed E-state index contributed by atoms with van der Waals surface area (Å²) in [6, 6.07) is 0. The minimum absolute atomic E-state index is 0.130. The Hall–Kier alpha value is -0.810. The second kappa shape index (κ2) is 7.31. The summed E-state index contributed by atoms with van der Waals surface area (Å²) in [5.74, 6) is 1.96. The molecule has 1 saturated carbocycles. The standard InChI is InChI=1S/C21H39N3O2/c1-7-9-22-10-11-23(14-16(8-2)13-22)21(6)18-12-17(18)15-24(21)19(25)26-20(3,4)5/h16-18H,7-15H2,1-6H3. The van der Waals surface area contributed by atoms with Crippen molar-refractivity contribution < 1.29 is 9.53 Å². The van der Waals surface area contributed by atoms with E-state index in [4.69, 9.17) is 4.74 Å². The maximum atomic E-state index is 13.0. The number of ether oxygens (including phenoxy) is 1. The van der Waals surface area contributed by atoms with Gasteiger partial charge in [-0.25, -0.2) is 4.79 Å². The maximum absolute atomic E-state index is 13.0. The monoisotopic (exact) mass is 365 g/mol. The van der Waals surface area contributed by atoms with E-state index in [0.717, 1.165) is 26.2 Å². The van der Waals surface area contributed by atoms with Gasteiger partial charge in [0.05, 0.1) is 5.66 Å². The first-order valence-electron chi connectivity index (χ1n) is 10.7. The third-order valence-corrected chi connectivity index (χ3v) is 6.64.